The number of benzene rings is 1. The standard InChI is InChI=1S/C31H47F/c1-3-5-7-8-9-11-24-13-15-27-21-30(31(32)22-29(27)19-24)28-17-16-25-18-23(10-6-4-2)12-14-26(25)20-28/h4,21-26,28H,2-3,5-20H2,1H3. The number of hydrogen-bond donors (Lipinski definition) is 0. The molecule has 0 aliphatic heterocycles. The summed E-state index contributed by atoms with van der Waals surface area (Å²) in [5.74, 6) is 3.99. The lowest BCUT2D eigenvalue weighted by Crippen LogP contribution is -2.30. The Labute approximate surface area is 197 Å². The zero-order chi connectivity index (χ0) is 22.3. The normalized spacial score (nSPS) is 29.9. The molecule has 1 aromatic rings. The highest BCUT2D eigenvalue weighted by Crippen LogP contribution is 2.49. The predicted molar refractivity (Wildman–Crippen MR) is 136 cm³/mol. The maximum atomic E-state index is 15.3. The van der Waals surface area contributed by atoms with Gasteiger partial charge >= 0.3 is 0 Å². The molecule has 1 heteroatoms. The molecule has 0 spiro atoms. The van der Waals surface area contributed by atoms with Gasteiger partial charge in [0.25, 0.3) is 0 Å². The monoisotopic (exact) mass is 438 g/mol. The van der Waals surface area contributed by atoms with E-state index in [1.54, 1.807) is 0 Å². The zero-order valence-corrected chi connectivity index (χ0v) is 20.7. The summed E-state index contributed by atoms with van der Waals surface area (Å²) in [6.07, 6.45) is 24.2. The Hall–Kier alpha value is -1.11. The van der Waals surface area contributed by atoms with Gasteiger partial charge in [-0.15, -0.1) is 6.58 Å². The highest BCUT2D eigenvalue weighted by Gasteiger charge is 2.36. The van der Waals surface area contributed by atoms with Crippen LogP contribution in [0.5, 0.6) is 0 Å². The van der Waals surface area contributed by atoms with Crippen LogP contribution >= 0.6 is 0 Å². The second-order valence-electron chi connectivity index (χ2n) is 11.5. The van der Waals surface area contributed by atoms with E-state index in [4.69, 9.17) is 0 Å². The number of allylic oxidation sites excluding steroid dienone is 1. The van der Waals surface area contributed by atoms with Crippen molar-refractivity contribution >= 4 is 0 Å². The second kappa shape index (κ2) is 11.8. The van der Waals surface area contributed by atoms with Gasteiger partial charge in [-0.25, -0.2) is 4.39 Å². The van der Waals surface area contributed by atoms with Gasteiger partial charge in [0.2, 0.25) is 0 Å². The van der Waals surface area contributed by atoms with Crippen LogP contribution in [0.4, 0.5) is 4.39 Å². The first-order valence-corrected chi connectivity index (χ1v) is 14.1. The lowest BCUT2D eigenvalue weighted by atomic mass is 9.63. The fourth-order valence-corrected chi connectivity index (χ4v) is 7.35. The third-order valence-electron chi connectivity index (χ3n) is 9.31. The maximum absolute atomic E-state index is 15.3. The van der Waals surface area contributed by atoms with Crippen LogP contribution in [0.3, 0.4) is 0 Å². The van der Waals surface area contributed by atoms with Crippen molar-refractivity contribution in [1.82, 2.24) is 0 Å². The molecule has 0 aromatic heterocycles. The number of fused-ring (bicyclic) bond motifs is 2. The Kier molecular flexibility index (Phi) is 8.90. The lowest BCUT2D eigenvalue weighted by Gasteiger charge is -2.42. The van der Waals surface area contributed by atoms with Crippen molar-refractivity contribution in [3.05, 3.63) is 47.3 Å². The predicted octanol–water partition coefficient (Wildman–Crippen LogP) is 9.56. The summed E-state index contributed by atoms with van der Waals surface area (Å²) in [6, 6.07) is 4.26. The summed E-state index contributed by atoms with van der Waals surface area (Å²) >= 11 is 0. The Bertz CT molecular complexity index is 734. The number of unbranched alkanes of at least 4 members (excludes halogenated alkanes) is 4. The largest absolute Gasteiger partial charge is 0.207 e. The first-order chi connectivity index (χ1) is 15.7. The first kappa shape index (κ1) is 24.0. The minimum Gasteiger partial charge on any atom is -0.207 e. The summed E-state index contributed by atoms with van der Waals surface area (Å²) in [7, 11) is 0. The molecule has 3 aliphatic carbocycles. The summed E-state index contributed by atoms with van der Waals surface area (Å²) in [4.78, 5) is 0. The molecule has 2 saturated carbocycles. The van der Waals surface area contributed by atoms with Gasteiger partial charge in [-0.2, -0.15) is 0 Å². The molecule has 2 fully saturated rings. The topological polar surface area (TPSA) is 0 Å². The molecule has 0 N–H and O–H groups in total. The Morgan fingerprint density at radius 3 is 2.53 bits per heavy atom. The molecule has 0 amide bonds. The van der Waals surface area contributed by atoms with Crippen molar-refractivity contribution in [2.75, 3.05) is 0 Å². The van der Waals surface area contributed by atoms with Gasteiger partial charge < -0.3 is 0 Å². The van der Waals surface area contributed by atoms with E-state index in [1.165, 1.54) is 114 Å². The fourth-order valence-electron chi connectivity index (χ4n) is 7.35. The van der Waals surface area contributed by atoms with Gasteiger partial charge in [-0.05, 0) is 117 Å². The van der Waals surface area contributed by atoms with Gasteiger partial charge in [-0.1, -0.05) is 64.0 Å². The van der Waals surface area contributed by atoms with Crippen LogP contribution in [-0.4, -0.2) is 0 Å². The van der Waals surface area contributed by atoms with Gasteiger partial charge in [0, 0.05) is 0 Å². The molecule has 4 rings (SSSR count). The molecular weight excluding hydrogens is 391 g/mol. The molecule has 0 saturated heterocycles. The van der Waals surface area contributed by atoms with Gasteiger partial charge in [0.15, 0.2) is 0 Å². The van der Waals surface area contributed by atoms with Crippen LogP contribution < -0.4 is 0 Å². The van der Waals surface area contributed by atoms with Crippen LogP contribution in [0.25, 0.3) is 0 Å². The van der Waals surface area contributed by atoms with Gasteiger partial charge in [0.1, 0.15) is 5.82 Å². The maximum Gasteiger partial charge on any atom is 0.126 e. The molecule has 0 radical (unpaired) electrons. The third-order valence-corrected chi connectivity index (χ3v) is 9.31. The quantitative estimate of drug-likeness (QED) is 0.252. The SMILES string of the molecule is C=CCCC1CCC2CC(c3cc4c(cc3F)CC(CCCCCCC)CC4)CCC2C1. The molecule has 0 bridgehead atoms. The molecule has 1 aromatic carbocycles. The van der Waals surface area contributed by atoms with Gasteiger partial charge in [0.05, 0.1) is 0 Å². The molecule has 0 nitrogen and oxygen atoms in total. The van der Waals surface area contributed by atoms with Crippen molar-refractivity contribution in [2.45, 2.75) is 122 Å². The van der Waals surface area contributed by atoms with E-state index < -0.39 is 0 Å². The van der Waals surface area contributed by atoms with Crippen LogP contribution in [-0.2, 0) is 12.8 Å². The van der Waals surface area contributed by atoms with Crippen LogP contribution in [0.2, 0.25) is 0 Å². The van der Waals surface area contributed by atoms with Crippen molar-refractivity contribution in [3.8, 4) is 0 Å². The summed E-state index contributed by atoms with van der Waals surface area (Å²) in [5, 5.41) is 0. The average Bonchev–Trinajstić information content (AvgIpc) is 2.81. The highest BCUT2D eigenvalue weighted by atomic mass is 19.1. The number of halogens is 1. The first-order valence-electron chi connectivity index (χ1n) is 14.1. The summed E-state index contributed by atoms with van der Waals surface area (Å²) < 4.78 is 15.3. The van der Waals surface area contributed by atoms with E-state index in [2.05, 4.69) is 25.6 Å². The van der Waals surface area contributed by atoms with Crippen LogP contribution in [0, 0.1) is 29.5 Å². The van der Waals surface area contributed by atoms with Crippen molar-refractivity contribution < 1.29 is 4.39 Å². The van der Waals surface area contributed by atoms with E-state index >= 15 is 4.39 Å². The molecule has 5 atom stereocenters. The minimum atomic E-state index is 0.107. The Morgan fingerprint density at radius 2 is 1.69 bits per heavy atom. The Morgan fingerprint density at radius 1 is 0.875 bits per heavy atom. The van der Waals surface area contributed by atoms with E-state index in [-0.39, 0.29) is 5.82 Å². The smallest absolute Gasteiger partial charge is 0.126 e. The molecule has 3 aliphatic rings. The minimum absolute atomic E-state index is 0.107. The number of hydrogen-bond acceptors (Lipinski definition) is 0. The van der Waals surface area contributed by atoms with E-state index in [9.17, 15) is 0 Å². The summed E-state index contributed by atoms with van der Waals surface area (Å²) in [5.41, 5.74) is 3.86. The molecular formula is C31H47F. The average molecular weight is 439 g/mol. The van der Waals surface area contributed by atoms with Crippen LogP contribution in [0.1, 0.15) is 126 Å². The van der Waals surface area contributed by atoms with Crippen molar-refractivity contribution in [3.63, 3.8) is 0 Å². The zero-order valence-electron chi connectivity index (χ0n) is 20.7. The fraction of sp³-hybridized carbons (Fsp3) is 0.742. The summed E-state index contributed by atoms with van der Waals surface area (Å²) in [6.45, 7) is 6.18. The van der Waals surface area contributed by atoms with E-state index in [1.807, 2.05) is 6.07 Å². The highest BCUT2D eigenvalue weighted by molar-refractivity contribution is 5.37. The molecule has 32 heavy (non-hydrogen) atoms. The van der Waals surface area contributed by atoms with E-state index in [0.717, 1.165) is 35.7 Å². The molecule has 0 heterocycles. The van der Waals surface area contributed by atoms with E-state index in [0.29, 0.717) is 5.92 Å². The Balaban J connectivity index is 1.32. The number of aryl methyl sites for hydroxylation is 1. The third kappa shape index (κ3) is 6.06. The lowest BCUT2D eigenvalue weighted by molar-refractivity contribution is 0.114. The molecule has 5 unspecified atom stereocenters. The second-order valence-corrected chi connectivity index (χ2v) is 11.5. The van der Waals surface area contributed by atoms with Gasteiger partial charge in [-0.3, -0.25) is 0 Å². The van der Waals surface area contributed by atoms with Crippen LogP contribution in [0.15, 0.2) is 24.8 Å². The van der Waals surface area contributed by atoms with Crippen molar-refractivity contribution in [1.29, 1.82) is 0 Å². The number of rotatable bonds is 10. The van der Waals surface area contributed by atoms with Crippen molar-refractivity contribution in [2.24, 2.45) is 23.7 Å². The molecule has 178 valence electrons.